The van der Waals surface area contributed by atoms with E-state index < -0.39 is 10.0 Å². The first-order valence-electron chi connectivity index (χ1n) is 6.69. The lowest BCUT2D eigenvalue weighted by Gasteiger charge is -2.10. The van der Waals surface area contributed by atoms with Gasteiger partial charge in [0.05, 0.1) is 17.8 Å². The predicted molar refractivity (Wildman–Crippen MR) is 79.1 cm³/mol. The Bertz CT molecular complexity index is 681. The molecular weight excluding hydrogens is 290 g/mol. The highest BCUT2D eigenvalue weighted by atomic mass is 32.2. The van der Waals surface area contributed by atoms with Gasteiger partial charge in [0.15, 0.2) is 0 Å². The zero-order valence-electron chi connectivity index (χ0n) is 11.9. The second kappa shape index (κ2) is 6.84. The number of sulfonamides is 1. The maximum Gasteiger partial charge on any atom is 0.240 e. The van der Waals surface area contributed by atoms with Crippen LogP contribution in [-0.4, -0.2) is 29.6 Å². The van der Waals surface area contributed by atoms with Gasteiger partial charge in [-0.05, 0) is 30.5 Å². The van der Waals surface area contributed by atoms with Gasteiger partial charge in [-0.25, -0.2) is 18.1 Å². The molecule has 1 heterocycles. The number of nitrogens with one attached hydrogen (secondary N) is 1. The Kier molecular flexibility index (Phi) is 5.11. The topological polar surface area (TPSA) is 84.2 Å². The van der Waals surface area contributed by atoms with Gasteiger partial charge in [0.25, 0.3) is 0 Å². The molecule has 2 rings (SSSR count). The van der Waals surface area contributed by atoms with E-state index in [1.165, 1.54) is 6.07 Å². The molecule has 6 nitrogen and oxygen atoms in total. The van der Waals surface area contributed by atoms with Crippen molar-refractivity contribution in [2.45, 2.75) is 31.4 Å². The quantitative estimate of drug-likeness (QED) is 0.749. The fourth-order valence-corrected chi connectivity index (χ4v) is 3.36. The second-order valence-electron chi connectivity index (χ2n) is 4.81. The van der Waals surface area contributed by atoms with Crippen LogP contribution < -0.4 is 4.72 Å². The van der Waals surface area contributed by atoms with Gasteiger partial charge in [-0.15, -0.1) is 0 Å². The minimum atomic E-state index is -3.55. The standard InChI is InChI=1S/C14H19N3O3S/c1-12-3-4-13(10-18)9-14(12)21(19,20)16-5-2-7-17-8-6-15-11-17/h3-4,6,8-9,11,16,18H,2,5,7,10H2,1H3. The van der Waals surface area contributed by atoms with Crippen molar-refractivity contribution in [3.8, 4) is 0 Å². The number of hydrogen-bond acceptors (Lipinski definition) is 4. The molecular formula is C14H19N3O3S. The largest absolute Gasteiger partial charge is 0.392 e. The van der Waals surface area contributed by atoms with Crippen LogP contribution in [0.4, 0.5) is 0 Å². The van der Waals surface area contributed by atoms with E-state index in [2.05, 4.69) is 9.71 Å². The zero-order chi connectivity index (χ0) is 15.3. The molecule has 0 aliphatic rings. The van der Waals surface area contributed by atoms with E-state index in [1.54, 1.807) is 31.6 Å². The molecule has 0 amide bonds. The minimum absolute atomic E-state index is 0.177. The molecule has 0 aliphatic heterocycles. The fourth-order valence-electron chi connectivity index (χ4n) is 2.00. The van der Waals surface area contributed by atoms with E-state index in [4.69, 9.17) is 5.11 Å². The average Bonchev–Trinajstić information content (AvgIpc) is 2.97. The van der Waals surface area contributed by atoms with Gasteiger partial charge < -0.3 is 9.67 Å². The van der Waals surface area contributed by atoms with Crippen LogP contribution >= 0.6 is 0 Å². The Labute approximate surface area is 124 Å². The molecule has 0 saturated heterocycles. The van der Waals surface area contributed by atoms with Crippen LogP contribution in [0.1, 0.15) is 17.5 Å². The van der Waals surface area contributed by atoms with Crippen LogP contribution in [0.5, 0.6) is 0 Å². The third-order valence-electron chi connectivity index (χ3n) is 3.17. The number of aliphatic hydroxyl groups is 1. The first-order chi connectivity index (χ1) is 10.0. The molecule has 0 bridgehead atoms. The molecule has 1 aromatic heterocycles. The van der Waals surface area contributed by atoms with E-state index in [0.717, 1.165) is 0 Å². The maximum absolute atomic E-state index is 12.3. The molecule has 2 N–H and O–H groups in total. The molecule has 0 radical (unpaired) electrons. The second-order valence-corrected chi connectivity index (χ2v) is 6.55. The van der Waals surface area contributed by atoms with Gasteiger partial charge in [0.2, 0.25) is 10.0 Å². The predicted octanol–water partition coefficient (Wildman–Crippen LogP) is 1.05. The molecule has 0 atom stereocenters. The summed E-state index contributed by atoms with van der Waals surface area (Å²) in [6.07, 6.45) is 5.90. The summed E-state index contributed by atoms with van der Waals surface area (Å²) in [7, 11) is -3.55. The molecule has 0 unspecified atom stereocenters. The van der Waals surface area contributed by atoms with E-state index in [0.29, 0.717) is 30.6 Å². The molecule has 0 saturated carbocycles. The SMILES string of the molecule is Cc1ccc(CO)cc1S(=O)(=O)NCCCn1ccnc1. The average molecular weight is 309 g/mol. The third kappa shape index (κ3) is 4.13. The van der Waals surface area contributed by atoms with Crippen molar-refractivity contribution < 1.29 is 13.5 Å². The van der Waals surface area contributed by atoms with Crippen LogP contribution in [0.15, 0.2) is 41.8 Å². The van der Waals surface area contributed by atoms with Gasteiger partial charge in [-0.1, -0.05) is 12.1 Å². The molecule has 2 aromatic rings. The van der Waals surface area contributed by atoms with Crippen molar-refractivity contribution in [2.24, 2.45) is 0 Å². The number of imidazole rings is 1. The molecule has 7 heteroatoms. The summed E-state index contributed by atoms with van der Waals surface area (Å²) in [4.78, 5) is 4.15. The number of rotatable bonds is 7. The Morgan fingerprint density at radius 3 is 2.86 bits per heavy atom. The van der Waals surface area contributed by atoms with Crippen molar-refractivity contribution in [1.82, 2.24) is 14.3 Å². The summed E-state index contributed by atoms with van der Waals surface area (Å²) < 4.78 is 29.0. The van der Waals surface area contributed by atoms with Crippen LogP contribution in [0.2, 0.25) is 0 Å². The zero-order valence-corrected chi connectivity index (χ0v) is 12.7. The highest BCUT2D eigenvalue weighted by Crippen LogP contribution is 2.17. The van der Waals surface area contributed by atoms with Gasteiger partial charge in [0.1, 0.15) is 0 Å². The van der Waals surface area contributed by atoms with Gasteiger partial charge >= 0.3 is 0 Å². The lowest BCUT2D eigenvalue weighted by atomic mass is 10.2. The van der Waals surface area contributed by atoms with Gasteiger partial charge in [0, 0.05) is 25.5 Å². The molecule has 114 valence electrons. The van der Waals surface area contributed by atoms with Crippen molar-refractivity contribution in [3.05, 3.63) is 48.0 Å². The summed E-state index contributed by atoms with van der Waals surface area (Å²) in [6.45, 7) is 2.62. The first kappa shape index (κ1) is 15.7. The summed E-state index contributed by atoms with van der Waals surface area (Å²) in [6, 6.07) is 4.92. The minimum Gasteiger partial charge on any atom is -0.392 e. The lowest BCUT2D eigenvalue weighted by molar-refractivity contribution is 0.281. The highest BCUT2D eigenvalue weighted by molar-refractivity contribution is 7.89. The van der Waals surface area contributed by atoms with Gasteiger partial charge in [-0.3, -0.25) is 0 Å². The highest BCUT2D eigenvalue weighted by Gasteiger charge is 2.16. The number of aromatic nitrogens is 2. The summed E-state index contributed by atoms with van der Waals surface area (Å²) in [5.41, 5.74) is 1.24. The summed E-state index contributed by atoms with van der Waals surface area (Å²) in [5, 5.41) is 9.11. The maximum atomic E-state index is 12.3. The Morgan fingerprint density at radius 2 is 2.19 bits per heavy atom. The van der Waals surface area contributed by atoms with Crippen LogP contribution in [0.25, 0.3) is 0 Å². The number of aliphatic hydroxyl groups excluding tert-OH is 1. The molecule has 0 spiro atoms. The van der Waals surface area contributed by atoms with Crippen molar-refractivity contribution in [3.63, 3.8) is 0 Å². The molecule has 0 aliphatic carbocycles. The van der Waals surface area contributed by atoms with Crippen molar-refractivity contribution in [1.29, 1.82) is 0 Å². The van der Waals surface area contributed by atoms with Crippen LogP contribution in [0, 0.1) is 6.92 Å². The number of hydrogen-bond donors (Lipinski definition) is 2. The Balaban J connectivity index is 1.98. The number of nitrogens with zero attached hydrogens (tertiary/aromatic N) is 2. The molecule has 0 fully saturated rings. The molecule has 1 aromatic carbocycles. The number of benzene rings is 1. The smallest absolute Gasteiger partial charge is 0.240 e. The third-order valence-corrected chi connectivity index (χ3v) is 4.77. The number of aryl methyl sites for hydroxylation is 2. The lowest BCUT2D eigenvalue weighted by Crippen LogP contribution is -2.26. The summed E-state index contributed by atoms with van der Waals surface area (Å²) in [5.74, 6) is 0. The van der Waals surface area contributed by atoms with E-state index in [9.17, 15) is 8.42 Å². The normalized spacial score (nSPS) is 11.7. The van der Waals surface area contributed by atoms with E-state index in [1.807, 2.05) is 10.8 Å². The Morgan fingerprint density at radius 1 is 1.38 bits per heavy atom. The fraction of sp³-hybridized carbons (Fsp3) is 0.357. The Hall–Kier alpha value is -1.70. The van der Waals surface area contributed by atoms with Gasteiger partial charge in [-0.2, -0.15) is 0 Å². The van der Waals surface area contributed by atoms with Crippen LogP contribution in [0.3, 0.4) is 0 Å². The van der Waals surface area contributed by atoms with Crippen molar-refractivity contribution in [2.75, 3.05) is 6.54 Å². The monoisotopic (exact) mass is 309 g/mol. The van der Waals surface area contributed by atoms with Crippen LogP contribution in [-0.2, 0) is 23.2 Å². The first-order valence-corrected chi connectivity index (χ1v) is 8.17. The van der Waals surface area contributed by atoms with E-state index >= 15 is 0 Å². The summed E-state index contributed by atoms with van der Waals surface area (Å²) >= 11 is 0. The van der Waals surface area contributed by atoms with Crippen molar-refractivity contribution >= 4 is 10.0 Å². The molecule has 21 heavy (non-hydrogen) atoms. The van der Waals surface area contributed by atoms with E-state index in [-0.39, 0.29) is 11.5 Å².